The topological polar surface area (TPSA) is 171 Å². The first kappa shape index (κ1) is 24.7. The molecule has 17 heteroatoms. The number of halogens is 3. The maximum Gasteiger partial charge on any atom is 0.434 e. The first-order valence-electron chi connectivity index (χ1n) is 9.37. The second kappa shape index (κ2) is 9.31. The molecule has 4 rings (SSSR count). The van der Waals surface area contributed by atoms with Crippen molar-refractivity contribution >= 4 is 69.1 Å². The number of thioether (sulfide) groups is 1. The van der Waals surface area contributed by atoms with Gasteiger partial charge in [-0.1, -0.05) is 11.2 Å². The number of hydrogen-bond acceptors (Lipinski definition) is 11. The number of oxime groups is 1. The molecular weight excluding hydrogens is 533 g/mol. The zero-order valence-electron chi connectivity index (χ0n) is 17.0. The summed E-state index contributed by atoms with van der Waals surface area (Å²) in [5.74, 6) is -3.08. The molecular formula is C18H13F3N6O5S3. The maximum atomic E-state index is 13.0. The van der Waals surface area contributed by atoms with Crippen molar-refractivity contribution in [2.75, 3.05) is 11.5 Å². The lowest BCUT2D eigenvalue weighted by molar-refractivity contribution is -0.150. The number of rotatable bonds is 6. The SMILES string of the molecule is Nc1nc(C(=NO)C(=O)NC2C(=O)N3C(C(=O)O)=C(C=Cc4scnc4C(F)(F)F)CS[C@@H]23)cs1. The predicted octanol–water partition coefficient (Wildman–Crippen LogP) is 1.83. The molecule has 0 bridgehead atoms. The molecule has 2 aliphatic rings. The molecule has 5 N–H and O–H groups in total. The summed E-state index contributed by atoms with van der Waals surface area (Å²) in [5, 5.41) is 24.9. The van der Waals surface area contributed by atoms with Crippen molar-refractivity contribution in [2.24, 2.45) is 5.16 Å². The molecule has 2 amide bonds. The molecule has 11 nitrogen and oxygen atoms in total. The summed E-state index contributed by atoms with van der Waals surface area (Å²) in [6.07, 6.45) is -2.36. The number of nitrogens with one attached hydrogen (secondary N) is 1. The zero-order valence-corrected chi connectivity index (χ0v) is 19.5. The Morgan fingerprint density at radius 2 is 2.06 bits per heavy atom. The molecule has 0 aliphatic carbocycles. The van der Waals surface area contributed by atoms with Crippen molar-refractivity contribution in [1.82, 2.24) is 20.2 Å². The van der Waals surface area contributed by atoms with Crippen LogP contribution >= 0.6 is 34.4 Å². The van der Waals surface area contributed by atoms with Crippen LogP contribution < -0.4 is 11.1 Å². The highest BCUT2D eigenvalue weighted by molar-refractivity contribution is 8.00. The monoisotopic (exact) mass is 546 g/mol. The summed E-state index contributed by atoms with van der Waals surface area (Å²) in [4.78, 5) is 45.1. The standard InChI is InChI=1S/C18H13F3N6O5S3/c19-18(20,21)12-8(35-5-23-12)2-1-6-3-33-15-10(14(29)27(15)11(6)16(30)31)25-13(28)9(26-32)7-4-34-17(22)24-7/h1-2,4-5,10,15,32H,3H2,(H2,22,24)(H,25,28)(H,30,31)/t10?,15-/m0/s1. The highest BCUT2D eigenvalue weighted by Gasteiger charge is 2.54. The second-order valence-corrected chi connectivity index (χ2v) is 9.84. The third-order valence-corrected chi connectivity index (χ3v) is 7.64. The summed E-state index contributed by atoms with van der Waals surface area (Å²) < 4.78 is 39.1. The zero-order chi connectivity index (χ0) is 25.5. The highest BCUT2D eigenvalue weighted by atomic mass is 32.2. The Morgan fingerprint density at radius 1 is 1.31 bits per heavy atom. The largest absolute Gasteiger partial charge is 0.477 e. The number of nitrogens with zero attached hydrogens (tertiary/aromatic N) is 4. The number of aliphatic carboxylic acids is 1. The number of fused-ring (bicyclic) bond motifs is 1. The lowest BCUT2D eigenvalue weighted by Gasteiger charge is -2.49. The van der Waals surface area contributed by atoms with E-state index in [0.29, 0.717) is 0 Å². The van der Waals surface area contributed by atoms with Crippen molar-refractivity contribution in [3.8, 4) is 0 Å². The fourth-order valence-electron chi connectivity index (χ4n) is 3.35. The van der Waals surface area contributed by atoms with Crippen molar-refractivity contribution in [3.63, 3.8) is 0 Å². The summed E-state index contributed by atoms with van der Waals surface area (Å²) in [7, 11) is 0. The molecule has 1 fully saturated rings. The van der Waals surface area contributed by atoms with Crippen LogP contribution in [-0.2, 0) is 20.6 Å². The number of amides is 2. The average Bonchev–Trinajstić information content (AvgIpc) is 3.44. The molecule has 184 valence electrons. The van der Waals surface area contributed by atoms with E-state index in [2.05, 4.69) is 20.4 Å². The van der Waals surface area contributed by atoms with Gasteiger partial charge in [0.15, 0.2) is 16.5 Å². The van der Waals surface area contributed by atoms with Gasteiger partial charge in [0.25, 0.3) is 11.8 Å². The minimum absolute atomic E-state index is 0.00716. The number of thiazole rings is 2. The minimum atomic E-state index is -4.67. The van der Waals surface area contributed by atoms with Gasteiger partial charge in [0.05, 0.1) is 10.4 Å². The molecule has 4 heterocycles. The Kier molecular flexibility index (Phi) is 6.56. The second-order valence-electron chi connectivity index (χ2n) is 6.96. The number of carboxylic acids is 1. The molecule has 0 radical (unpaired) electrons. The maximum absolute atomic E-state index is 13.0. The van der Waals surface area contributed by atoms with Gasteiger partial charge in [-0.2, -0.15) is 13.2 Å². The van der Waals surface area contributed by atoms with Crippen molar-refractivity contribution in [2.45, 2.75) is 17.6 Å². The smallest absolute Gasteiger partial charge is 0.434 e. The predicted molar refractivity (Wildman–Crippen MR) is 121 cm³/mol. The van der Waals surface area contributed by atoms with E-state index in [-0.39, 0.29) is 27.0 Å². The lowest BCUT2D eigenvalue weighted by atomic mass is 10.0. The molecule has 1 unspecified atom stereocenters. The average molecular weight is 547 g/mol. The van der Waals surface area contributed by atoms with Gasteiger partial charge in [-0.05, 0) is 11.6 Å². The quantitative estimate of drug-likeness (QED) is 0.183. The minimum Gasteiger partial charge on any atom is -0.477 e. The van der Waals surface area contributed by atoms with Gasteiger partial charge in [-0.3, -0.25) is 14.5 Å². The van der Waals surface area contributed by atoms with Crippen LogP contribution in [0.2, 0.25) is 0 Å². The summed E-state index contributed by atoms with van der Waals surface area (Å²) in [5.41, 5.74) is 4.67. The normalized spacial score (nSPS) is 20.7. The summed E-state index contributed by atoms with van der Waals surface area (Å²) >= 11 is 2.85. The number of carboxylic acid groups (broad SMARTS) is 1. The van der Waals surface area contributed by atoms with Gasteiger partial charge >= 0.3 is 12.1 Å². The number of carbonyl (C=O) groups is 3. The molecule has 0 saturated carbocycles. The van der Waals surface area contributed by atoms with Crippen LogP contribution in [0.25, 0.3) is 6.08 Å². The molecule has 2 atom stereocenters. The first-order valence-corrected chi connectivity index (χ1v) is 12.2. The van der Waals surface area contributed by atoms with Crippen molar-refractivity contribution in [1.29, 1.82) is 0 Å². The van der Waals surface area contributed by atoms with E-state index < -0.39 is 52.5 Å². The van der Waals surface area contributed by atoms with E-state index in [1.807, 2.05) is 0 Å². The molecule has 1 saturated heterocycles. The molecule has 0 aromatic carbocycles. The number of β-lactam (4-membered cyclic amide) rings is 1. The Balaban J connectivity index is 1.54. The number of nitrogen functional groups attached to an aromatic ring is 1. The lowest BCUT2D eigenvalue weighted by Crippen LogP contribution is -2.71. The van der Waals surface area contributed by atoms with Crippen molar-refractivity contribution < 1.29 is 37.9 Å². The Hall–Kier alpha value is -3.44. The van der Waals surface area contributed by atoms with Crippen molar-refractivity contribution in [3.05, 3.63) is 44.5 Å². The molecule has 2 aromatic rings. The van der Waals surface area contributed by atoms with Gasteiger partial charge in [0, 0.05) is 11.1 Å². The van der Waals surface area contributed by atoms with Crippen LogP contribution in [-0.4, -0.2) is 65.8 Å². The van der Waals surface area contributed by atoms with Gasteiger partial charge in [-0.25, -0.2) is 14.8 Å². The number of allylic oxidation sites excluding steroid dienone is 1. The highest BCUT2D eigenvalue weighted by Crippen LogP contribution is 2.41. The van der Waals surface area contributed by atoms with Gasteiger partial charge in [-0.15, -0.1) is 34.4 Å². The van der Waals surface area contributed by atoms with Crippen LogP contribution in [0, 0.1) is 0 Å². The third kappa shape index (κ3) is 4.61. The molecule has 2 aliphatic heterocycles. The first-order chi connectivity index (χ1) is 16.5. The third-order valence-electron chi connectivity index (χ3n) is 4.87. The fourth-order valence-corrected chi connectivity index (χ4v) is 5.92. The van der Waals surface area contributed by atoms with Crippen LogP contribution in [0.5, 0.6) is 0 Å². The van der Waals surface area contributed by atoms with E-state index in [0.717, 1.165) is 50.9 Å². The van der Waals surface area contributed by atoms with E-state index in [1.54, 1.807) is 0 Å². The number of hydrogen-bond donors (Lipinski definition) is 4. The van der Waals surface area contributed by atoms with Gasteiger partial charge in [0.1, 0.15) is 22.8 Å². The fraction of sp³-hybridized carbons (Fsp3) is 0.222. The van der Waals surface area contributed by atoms with E-state index in [1.165, 1.54) is 11.5 Å². The van der Waals surface area contributed by atoms with E-state index in [9.17, 15) is 37.9 Å². The number of anilines is 1. The van der Waals surface area contributed by atoms with Gasteiger partial charge in [0.2, 0.25) is 0 Å². The molecule has 35 heavy (non-hydrogen) atoms. The van der Waals surface area contributed by atoms with Crippen LogP contribution in [0.3, 0.4) is 0 Å². The van der Waals surface area contributed by atoms with Crippen LogP contribution in [0.1, 0.15) is 16.3 Å². The number of alkyl halides is 3. The Bertz CT molecular complexity index is 1300. The number of carbonyl (C=O) groups excluding carboxylic acids is 2. The molecule has 2 aromatic heterocycles. The summed E-state index contributed by atoms with van der Waals surface area (Å²) in [6.45, 7) is 0. The molecule has 0 spiro atoms. The Labute approximate surface area is 205 Å². The Morgan fingerprint density at radius 3 is 2.66 bits per heavy atom. The van der Waals surface area contributed by atoms with Crippen LogP contribution in [0.15, 0.2) is 33.4 Å². The van der Waals surface area contributed by atoms with E-state index >= 15 is 0 Å². The van der Waals surface area contributed by atoms with E-state index in [4.69, 9.17) is 5.73 Å². The number of aromatic nitrogens is 2. The number of nitrogens with two attached hydrogens (primary N) is 1. The van der Waals surface area contributed by atoms with Gasteiger partial charge < -0.3 is 21.4 Å². The van der Waals surface area contributed by atoms with Crippen LogP contribution in [0.4, 0.5) is 18.3 Å². The summed E-state index contributed by atoms with van der Waals surface area (Å²) in [6, 6.07) is -1.13.